The number of hydrogen-bond donors (Lipinski definition) is 1. The Labute approximate surface area is 165 Å². The van der Waals surface area contributed by atoms with Crippen molar-refractivity contribution >= 4 is 21.8 Å². The van der Waals surface area contributed by atoms with Crippen molar-refractivity contribution in [2.75, 3.05) is 14.1 Å². The van der Waals surface area contributed by atoms with E-state index in [1.807, 2.05) is 45.3 Å². The van der Waals surface area contributed by atoms with Crippen LogP contribution in [0.15, 0.2) is 40.9 Å². The van der Waals surface area contributed by atoms with E-state index >= 15 is 0 Å². The van der Waals surface area contributed by atoms with E-state index in [1.54, 1.807) is 0 Å². The van der Waals surface area contributed by atoms with Gasteiger partial charge in [0.25, 0.3) is 5.91 Å². The molecule has 26 heavy (non-hydrogen) atoms. The molecule has 0 bridgehead atoms. The van der Waals surface area contributed by atoms with Crippen molar-refractivity contribution in [2.24, 2.45) is 0 Å². The highest BCUT2D eigenvalue weighted by Crippen LogP contribution is 2.31. The first-order valence-corrected chi connectivity index (χ1v) is 9.66. The van der Waals surface area contributed by atoms with Crippen LogP contribution in [0.25, 0.3) is 0 Å². The molecule has 2 aromatic carbocycles. The number of carbonyl (C=O) groups excluding carboxylic acids is 1. The van der Waals surface area contributed by atoms with E-state index in [0.29, 0.717) is 0 Å². The smallest absolute Gasteiger partial charge is 0.252 e. The van der Waals surface area contributed by atoms with Gasteiger partial charge in [0, 0.05) is 15.6 Å². The van der Waals surface area contributed by atoms with Gasteiger partial charge in [-0.05, 0) is 77.0 Å². The van der Waals surface area contributed by atoms with E-state index in [9.17, 15) is 4.79 Å². The normalized spacial score (nSPS) is 13.0. The summed E-state index contributed by atoms with van der Waals surface area (Å²) >= 11 is 3.58. The maximum atomic E-state index is 13.2. The lowest BCUT2D eigenvalue weighted by Gasteiger charge is -2.41. The highest BCUT2D eigenvalue weighted by molar-refractivity contribution is 9.10. The fourth-order valence-electron chi connectivity index (χ4n) is 3.02. The first-order valence-electron chi connectivity index (χ1n) is 8.87. The Morgan fingerprint density at radius 3 is 2.15 bits per heavy atom. The van der Waals surface area contributed by atoms with Gasteiger partial charge in [-0.25, -0.2) is 0 Å². The monoisotopic (exact) mass is 416 g/mol. The van der Waals surface area contributed by atoms with Crippen molar-refractivity contribution in [3.8, 4) is 0 Å². The molecule has 1 unspecified atom stereocenters. The first kappa shape index (κ1) is 20.7. The van der Waals surface area contributed by atoms with Crippen LogP contribution < -0.4 is 5.32 Å². The second-order valence-corrected chi connectivity index (χ2v) is 8.50. The van der Waals surface area contributed by atoms with Crippen molar-refractivity contribution in [1.82, 2.24) is 10.2 Å². The Balaban J connectivity index is 2.46. The molecule has 0 radical (unpaired) electrons. The van der Waals surface area contributed by atoms with Gasteiger partial charge in [-0.1, -0.05) is 46.3 Å². The molecule has 0 spiro atoms. The van der Waals surface area contributed by atoms with E-state index < -0.39 is 0 Å². The molecule has 4 heteroatoms. The molecule has 0 aliphatic rings. The van der Waals surface area contributed by atoms with E-state index in [1.165, 1.54) is 5.56 Å². The minimum Gasteiger partial charge on any atom is -0.343 e. The highest BCUT2D eigenvalue weighted by Gasteiger charge is 2.34. The van der Waals surface area contributed by atoms with E-state index in [0.717, 1.165) is 26.7 Å². The minimum absolute atomic E-state index is 0.0462. The molecule has 0 fully saturated rings. The molecule has 2 aromatic rings. The van der Waals surface area contributed by atoms with Crippen LogP contribution in [0.3, 0.4) is 0 Å². The molecule has 1 N–H and O–H groups in total. The molecule has 0 aliphatic heterocycles. The van der Waals surface area contributed by atoms with Gasteiger partial charge in [0.15, 0.2) is 0 Å². The predicted molar refractivity (Wildman–Crippen MR) is 113 cm³/mol. The number of carbonyl (C=O) groups is 1. The molecule has 0 aromatic heterocycles. The second-order valence-electron chi connectivity index (χ2n) is 7.65. The summed E-state index contributed by atoms with van der Waals surface area (Å²) in [6, 6.07) is 12.0. The number of benzene rings is 2. The van der Waals surface area contributed by atoms with Crippen LogP contribution in [0.4, 0.5) is 0 Å². The topological polar surface area (TPSA) is 32.3 Å². The fraction of sp³-hybridized carbons (Fsp3) is 0.409. The van der Waals surface area contributed by atoms with Gasteiger partial charge in [-0.3, -0.25) is 4.79 Å². The zero-order chi connectivity index (χ0) is 19.6. The number of rotatable bonds is 5. The Morgan fingerprint density at radius 2 is 1.62 bits per heavy atom. The SMILES string of the molecule is Cc1c(Br)cc(C(=O)NC(c2ccccc2)C(C)(C)N(C)C)c(C)c1C. The summed E-state index contributed by atoms with van der Waals surface area (Å²) in [6.07, 6.45) is 0. The maximum Gasteiger partial charge on any atom is 0.252 e. The third-order valence-corrected chi connectivity index (χ3v) is 6.49. The van der Waals surface area contributed by atoms with Gasteiger partial charge < -0.3 is 10.2 Å². The number of nitrogens with one attached hydrogen (secondary N) is 1. The molecule has 3 nitrogen and oxygen atoms in total. The summed E-state index contributed by atoms with van der Waals surface area (Å²) in [4.78, 5) is 15.3. The van der Waals surface area contributed by atoms with Gasteiger partial charge >= 0.3 is 0 Å². The highest BCUT2D eigenvalue weighted by atomic mass is 79.9. The van der Waals surface area contributed by atoms with Crippen LogP contribution in [0, 0.1) is 20.8 Å². The molecule has 0 saturated heterocycles. The van der Waals surface area contributed by atoms with Gasteiger partial charge in [-0.15, -0.1) is 0 Å². The van der Waals surface area contributed by atoms with Gasteiger partial charge in [0.05, 0.1) is 6.04 Å². The lowest BCUT2D eigenvalue weighted by Crippen LogP contribution is -2.50. The van der Waals surface area contributed by atoms with E-state index in [2.05, 4.69) is 66.0 Å². The molecule has 140 valence electrons. The van der Waals surface area contributed by atoms with E-state index in [-0.39, 0.29) is 17.5 Å². The Kier molecular flexibility index (Phi) is 6.30. The summed E-state index contributed by atoms with van der Waals surface area (Å²) in [5.41, 5.74) is 4.91. The summed E-state index contributed by atoms with van der Waals surface area (Å²) in [7, 11) is 4.08. The average molecular weight is 417 g/mol. The molecule has 1 atom stereocenters. The molecule has 2 rings (SSSR count). The second kappa shape index (κ2) is 7.93. The van der Waals surface area contributed by atoms with Crippen LogP contribution in [-0.4, -0.2) is 30.4 Å². The third kappa shape index (κ3) is 4.02. The molecule has 1 amide bonds. The summed E-state index contributed by atoms with van der Waals surface area (Å²) in [5, 5.41) is 3.28. The fourth-order valence-corrected chi connectivity index (χ4v) is 3.55. The van der Waals surface area contributed by atoms with Crippen LogP contribution in [0.1, 0.15) is 52.5 Å². The van der Waals surface area contributed by atoms with Crippen molar-refractivity contribution in [3.63, 3.8) is 0 Å². The van der Waals surface area contributed by atoms with Gasteiger partial charge in [0.2, 0.25) is 0 Å². The lowest BCUT2D eigenvalue weighted by molar-refractivity contribution is 0.0839. The quantitative estimate of drug-likeness (QED) is 0.727. The largest absolute Gasteiger partial charge is 0.343 e. The Hall–Kier alpha value is -1.65. The Morgan fingerprint density at radius 1 is 1.04 bits per heavy atom. The van der Waals surface area contributed by atoms with Gasteiger partial charge in [0.1, 0.15) is 0 Å². The lowest BCUT2D eigenvalue weighted by atomic mass is 9.87. The minimum atomic E-state index is -0.248. The Bertz CT molecular complexity index is 798. The molecular formula is C22H29BrN2O. The predicted octanol–water partition coefficient (Wildman–Crippen LogP) is 5.19. The third-order valence-electron chi connectivity index (χ3n) is 5.67. The zero-order valence-electron chi connectivity index (χ0n) is 16.8. The average Bonchev–Trinajstić information content (AvgIpc) is 2.61. The number of likely N-dealkylation sites (N-methyl/N-ethyl adjacent to an activating group) is 1. The molecule has 0 aliphatic carbocycles. The molecular weight excluding hydrogens is 388 g/mol. The van der Waals surface area contributed by atoms with Gasteiger partial charge in [-0.2, -0.15) is 0 Å². The molecule has 0 heterocycles. The van der Waals surface area contributed by atoms with Crippen LogP contribution in [-0.2, 0) is 0 Å². The summed E-state index contributed by atoms with van der Waals surface area (Å²) in [6.45, 7) is 10.4. The standard InChI is InChI=1S/C22H29BrN2O/c1-14-15(2)18(13-19(23)16(14)3)21(26)24-20(22(4,5)25(6)7)17-11-9-8-10-12-17/h8-13,20H,1-7H3,(H,24,26). The van der Waals surface area contributed by atoms with Crippen molar-refractivity contribution in [1.29, 1.82) is 0 Å². The molecule has 0 saturated carbocycles. The van der Waals surface area contributed by atoms with Crippen LogP contribution in [0.2, 0.25) is 0 Å². The number of amides is 1. The van der Waals surface area contributed by atoms with E-state index in [4.69, 9.17) is 0 Å². The number of halogens is 1. The van der Waals surface area contributed by atoms with Crippen LogP contribution >= 0.6 is 15.9 Å². The van der Waals surface area contributed by atoms with Crippen molar-refractivity contribution in [2.45, 2.75) is 46.2 Å². The number of hydrogen-bond acceptors (Lipinski definition) is 2. The summed E-state index contributed by atoms with van der Waals surface area (Å²) in [5.74, 6) is -0.0462. The maximum absolute atomic E-state index is 13.2. The van der Waals surface area contributed by atoms with Crippen molar-refractivity contribution in [3.05, 3.63) is 68.7 Å². The summed E-state index contributed by atoms with van der Waals surface area (Å²) < 4.78 is 0.967. The van der Waals surface area contributed by atoms with Crippen LogP contribution in [0.5, 0.6) is 0 Å². The van der Waals surface area contributed by atoms with Crippen molar-refractivity contribution < 1.29 is 4.79 Å². The first-order chi connectivity index (χ1) is 12.1. The number of nitrogens with zero attached hydrogens (tertiary/aromatic N) is 1. The zero-order valence-corrected chi connectivity index (χ0v) is 18.4.